The monoisotopic (exact) mass is 559 g/mol. The molecule has 0 radical (unpaired) electrons. The van der Waals surface area contributed by atoms with E-state index in [1.54, 1.807) is 6.07 Å². The van der Waals surface area contributed by atoms with Gasteiger partial charge in [-0.15, -0.1) is 0 Å². The minimum atomic E-state index is -0.311. The van der Waals surface area contributed by atoms with Gasteiger partial charge in [0.2, 0.25) is 0 Å². The predicted octanol–water partition coefficient (Wildman–Crippen LogP) is 11.2. The van der Waals surface area contributed by atoms with Crippen LogP contribution in [0.3, 0.4) is 0 Å². The highest BCUT2D eigenvalue weighted by atomic mass is 16.6. The number of hydrogen-bond donors (Lipinski definition) is 0. The molecule has 0 saturated heterocycles. The molecule has 0 aromatic heterocycles. The van der Waals surface area contributed by atoms with Gasteiger partial charge < -0.3 is 9.47 Å². The second-order valence-corrected chi connectivity index (χ2v) is 11.1. The second kappa shape index (κ2) is 18.2. The van der Waals surface area contributed by atoms with Crippen LogP contribution in [0.25, 0.3) is 22.3 Å². The van der Waals surface area contributed by atoms with Gasteiger partial charge in [-0.2, -0.15) is 0 Å². The van der Waals surface area contributed by atoms with Crippen molar-refractivity contribution in [1.82, 2.24) is 0 Å². The summed E-state index contributed by atoms with van der Waals surface area (Å²) in [6, 6.07) is 21.3. The van der Waals surface area contributed by atoms with Crippen molar-refractivity contribution in [3.63, 3.8) is 0 Å². The lowest BCUT2D eigenvalue weighted by Crippen LogP contribution is -2.13. The van der Waals surface area contributed by atoms with Gasteiger partial charge in [0.1, 0.15) is 5.75 Å². The smallest absolute Gasteiger partial charge is 0.318 e. The summed E-state index contributed by atoms with van der Waals surface area (Å²) in [4.78, 5) is 12.1. The Kier molecular flexibility index (Phi) is 14.3. The SMILES string of the molecule is CCCCCCCCCCOc1cccc(-c2ccccc2-c2cccc(O[C@H](C)CCCCCC)c2[N+](=O)[O-])c1. The molecule has 5 nitrogen and oxygen atoms in total. The van der Waals surface area contributed by atoms with Crippen LogP contribution in [-0.4, -0.2) is 17.6 Å². The van der Waals surface area contributed by atoms with Gasteiger partial charge in [-0.3, -0.25) is 10.1 Å². The molecule has 5 heteroatoms. The van der Waals surface area contributed by atoms with Crippen LogP contribution in [0.5, 0.6) is 11.5 Å². The zero-order valence-electron chi connectivity index (χ0n) is 25.4. The predicted molar refractivity (Wildman–Crippen MR) is 171 cm³/mol. The van der Waals surface area contributed by atoms with Crippen molar-refractivity contribution in [3.8, 4) is 33.8 Å². The first-order valence-electron chi connectivity index (χ1n) is 15.8. The van der Waals surface area contributed by atoms with Crippen molar-refractivity contribution in [2.45, 2.75) is 110 Å². The zero-order chi connectivity index (χ0) is 29.3. The van der Waals surface area contributed by atoms with Crippen LogP contribution in [0.15, 0.2) is 66.7 Å². The van der Waals surface area contributed by atoms with Gasteiger partial charge in [0.05, 0.1) is 23.2 Å². The normalized spacial score (nSPS) is 11.8. The molecule has 0 saturated carbocycles. The van der Waals surface area contributed by atoms with Crippen LogP contribution in [0.2, 0.25) is 0 Å². The number of ether oxygens (including phenoxy) is 2. The van der Waals surface area contributed by atoms with E-state index in [1.165, 1.54) is 57.8 Å². The van der Waals surface area contributed by atoms with E-state index >= 15 is 0 Å². The first-order valence-corrected chi connectivity index (χ1v) is 15.8. The summed E-state index contributed by atoms with van der Waals surface area (Å²) >= 11 is 0. The van der Waals surface area contributed by atoms with Crippen molar-refractivity contribution in [3.05, 3.63) is 76.8 Å². The summed E-state index contributed by atoms with van der Waals surface area (Å²) in [5.41, 5.74) is 3.28. The molecule has 0 fully saturated rings. The van der Waals surface area contributed by atoms with Crippen LogP contribution in [0.1, 0.15) is 104 Å². The molecule has 222 valence electrons. The molecule has 0 unspecified atom stereocenters. The van der Waals surface area contributed by atoms with E-state index in [2.05, 4.69) is 13.8 Å². The van der Waals surface area contributed by atoms with E-state index in [-0.39, 0.29) is 16.7 Å². The van der Waals surface area contributed by atoms with Crippen molar-refractivity contribution in [2.75, 3.05) is 6.61 Å². The Morgan fingerprint density at radius 1 is 0.707 bits per heavy atom. The highest BCUT2D eigenvalue weighted by Gasteiger charge is 2.25. The number of hydrogen-bond acceptors (Lipinski definition) is 4. The van der Waals surface area contributed by atoms with Crippen LogP contribution in [0.4, 0.5) is 5.69 Å². The van der Waals surface area contributed by atoms with Crippen molar-refractivity contribution in [2.24, 2.45) is 0 Å². The van der Waals surface area contributed by atoms with Crippen LogP contribution < -0.4 is 9.47 Å². The van der Waals surface area contributed by atoms with Gasteiger partial charge in [0, 0.05) is 0 Å². The number of unbranched alkanes of at least 4 members (excludes halogenated alkanes) is 10. The number of rotatable bonds is 20. The van der Waals surface area contributed by atoms with Gasteiger partial charge in [0.15, 0.2) is 5.75 Å². The van der Waals surface area contributed by atoms with Gasteiger partial charge >= 0.3 is 5.69 Å². The Labute approximate surface area is 247 Å². The largest absolute Gasteiger partial charge is 0.494 e. The molecule has 0 heterocycles. The van der Waals surface area contributed by atoms with Crippen molar-refractivity contribution < 1.29 is 14.4 Å². The van der Waals surface area contributed by atoms with Gasteiger partial charge in [-0.05, 0) is 67.1 Å². The Hall–Kier alpha value is -3.34. The van der Waals surface area contributed by atoms with E-state index in [4.69, 9.17) is 9.47 Å². The minimum Gasteiger partial charge on any atom is -0.494 e. The number of para-hydroxylation sites is 1. The maximum absolute atomic E-state index is 12.4. The van der Waals surface area contributed by atoms with E-state index in [9.17, 15) is 10.1 Å². The molecule has 1 atom stereocenters. The van der Waals surface area contributed by atoms with Crippen molar-refractivity contribution in [1.29, 1.82) is 0 Å². The fraction of sp³-hybridized carbons (Fsp3) is 0.500. The fourth-order valence-corrected chi connectivity index (χ4v) is 5.31. The number of nitro benzene ring substituents is 1. The van der Waals surface area contributed by atoms with E-state index in [0.29, 0.717) is 17.9 Å². The minimum absolute atomic E-state index is 0.0162. The first-order chi connectivity index (χ1) is 20.0. The summed E-state index contributed by atoms with van der Waals surface area (Å²) in [5.74, 6) is 1.15. The number of nitrogens with zero attached hydrogens (tertiary/aromatic N) is 1. The molecular formula is C36H49NO4. The topological polar surface area (TPSA) is 61.6 Å². The Morgan fingerprint density at radius 2 is 1.32 bits per heavy atom. The number of benzene rings is 3. The lowest BCUT2D eigenvalue weighted by molar-refractivity contribution is -0.385. The molecule has 3 aromatic rings. The molecule has 0 aliphatic rings. The zero-order valence-corrected chi connectivity index (χ0v) is 25.4. The van der Waals surface area contributed by atoms with Crippen molar-refractivity contribution >= 4 is 5.69 Å². The fourth-order valence-electron chi connectivity index (χ4n) is 5.31. The maximum Gasteiger partial charge on any atom is 0.318 e. The quantitative estimate of drug-likeness (QED) is 0.0784. The van der Waals surface area contributed by atoms with Crippen LogP contribution in [-0.2, 0) is 0 Å². The summed E-state index contributed by atoms with van der Waals surface area (Å²) < 4.78 is 12.3. The van der Waals surface area contributed by atoms with E-state index in [1.807, 2.05) is 67.6 Å². The molecular weight excluding hydrogens is 510 g/mol. The van der Waals surface area contributed by atoms with Crippen LogP contribution in [0, 0.1) is 10.1 Å². The Bertz CT molecular complexity index is 1190. The third-order valence-corrected chi connectivity index (χ3v) is 7.60. The first kappa shape index (κ1) is 32.2. The van der Waals surface area contributed by atoms with Gasteiger partial charge in [0.25, 0.3) is 0 Å². The van der Waals surface area contributed by atoms with E-state index in [0.717, 1.165) is 48.1 Å². The summed E-state index contributed by atoms with van der Waals surface area (Å²) in [6.07, 6.45) is 15.5. The Morgan fingerprint density at radius 3 is 2.02 bits per heavy atom. The molecule has 0 N–H and O–H groups in total. The highest BCUT2D eigenvalue weighted by Crippen LogP contribution is 2.42. The van der Waals surface area contributed by atoms with E-state index < -0.39 is 0 Å². The molecule has 0 spiro atoms. The molecule has 3 aromatic carbocycles. The van der Waals surface area contributed by atoms with Gasteiger partial charge in [-0.1, -0.05) is 121 Å². The molecule has 3 rings (SSSR count). The maximum atomic E-state index is 12.4. The average Bonchev–Trinajstić information content (AvgIpc) is 2.98. The lowest BCUT2D eigenvalue weighted by atomic mass is 9.93. The number of nitro groups is 1. The molecule has 0 aliphatic heterocycles. The standard InChI is InChI=1S/C36H49NO4/c1-4-6-8-10-11-12-13-17-27-40-31-22-18-21-30(28-31)32-23-15-16-24-33(32)34-25-19-26-35(36(34)37(38)39)41-29(3)20-14-9-7-5-2/h15-16,18-19,21-26,28-29H,4-14,17,20,27H2,1-3H3/t29-/m1/s1. The third-order valence-electron chi connectivity index (χ3n) is 7.60. The second-order valence-electron chi connectivity index (χ2n) is 11.1. The van der Waals surface area contributed by atoms with Crippen LogP contribution >= 0.6 is 0 Å². The molecule has 41 heavy (non-hydrogen) atoms. The molecule has 0 amide bonds. The van der Waals surface area contributed by atoms with Gasteiger partial charge in [-0.25, -0.2) is 0 Å². The third kappa shape index (κ3) is 10.5. The summed E-state index contributed by atoms with van der Waals surface area (Å²) in [6.45, 7) is 7.13. The highest BCUT2D eigenvalue weighted by molar-refractivity contribution is 5.89. The molecule has 0 aliphatic carbocycles. The lowest BCUT2D eigenvalue weighted by Gasteiger charge is -2.17. The summed E-state index contributed by atoms with van der Waals surface area (Å²) in [7, 11) is 0. The summed E-state index contributed by atoms with van der Waals surface area (Å²) in [5, 5.41) is 12.4. The Balaban J connectivity index is 1.73. The average molecular weight is 560 g/mol. The molecule has 0 bridgehead atoms.